The molecule has 0 N–H and O–H groups in total. The summed E-state index contributed by atoms with van der Waals surface area (Å²) in [5.74, 6) is -0.566. The minimum Gasteiger partial charge on any atom is -0.465 e. The molecule has 1 aromatic heterocycles. The highest BCUT2D eigenvalue weighted by Crippen LogP contribution is 2.38. The maximum atomic E-state index is 12.2. The van der Waals surface area contributed by atoms with Gasteiger partial charge in [0.25, 0.3) is 0 Å². The molecule has 144 valence electrons. The number of hydrogen-bond acceptors (Lipinski definition) is 3. The topological polar surface area (TPSA) is 39.2 Å². The molecule has 0 unspecified atom stereocenters. The summed E-state index contributed by atoms with van der Waals surface area (Å²) < 4.78 is 4.85. The third-order valence-corrected chi connectivity index (χ3v) is 6.23. The molecule has 3 aromatic rings. The van der Waals surface area contributed by atoms with Crippen LogP contribution in [0, 0.1) is 0 Å². The highest BCUT2D eigenvalue weighted by Gasteiger charge is 2.19. The Balaban J connectivity index is 2.25. The summed E-state index contributed by atoms with van der Waals surface area (Å²) in [6.45, 7) is 0. The maximum absolute atomic E-state index is 12.2. The smallest absolute Gasteiger partial charge is 0.340 e. The molecule has 3 rings (SSSR count). The monoisotopic (exact) mass is 493 g/mol. The number of pyridine rings is 1. The molecule has 0 saturated carbocycles. The molecule has 2 aromatic carbocycles. The van der Waals surface area contributed by atoms with E-state index in [0.29, 0.717) is 22.5 Å². The van der Waals surface area contributed by atoms with Crippen LogP contribution in [-0.4, -0.2) is 18.1 Å². The molecule has 0 radical (unpaired) electrons. The van der Waals surface area contributed by atoms with Crippen LogP contribution in [0.5, 0.6) is 0 Å². The second-order valence-corrected chi connectivity index (χ2v) is 7.98. The Labute approximate surface area is 191 Å². The number of aromatic nitrogens is 1. The summed E-state index contributed by atoms with van der Waals surface area (Å²) in [6, 6.07) is 9.61. The molecule has 0 amide bonds. The van der Waals surface area contributed by atoms with Crippen molar-refractivity contribution in [3.63, 3.8) is 0 Å². The Morgan fingerprint density at radius 3 is 1.71 bits per heavy atom. The van der Waals surface area contributed by atoms with E-state index < -0.39 is 5.97 Å². The first-order valence-corrected chi connectivity index (χ1v) is 9.89. The van der Waals surface area contributed by atoms with E-state index in [1.807, 2.05) is 0 Å². The summed E-state index contributed by atoms with van der Waals surface area (Å²) in [7, 11) is 1.28. The van der Waals surface area contributed by atoms with Crippen LogP contribution in [0.4, 0.5) is 0 Å². The molecule has 28 heavy (non-hydrogen) atoms. The molecule has 0 spiro atoms. The summed E-state index contributed by atoms with van der Waals surface area (Å²) in [6.07, 6.45) is 0. The Bertz CT molecular complexity index is 1050. The molecular weight excluding hydrogens is 487 g/mol. The van der Waals surface area contributed by atoms with Gasteiger partial charge in [0.1, 0.15) is 0 Å². The fraction of sp³-hybridized carbons (Fsp3) is 0.0526. The van der Waals surface area contributed by atoms with Gasteiger partial charge in [-0.15, -0.1) is 0 Å². The average Bonchev–Trinajstić information content (AvgIpc) is 2.68. The van der Waals surface area contributed by atoms with Gasteiger partial charge in [0, 0.05) is 11.1 Å². The van der Waals surface area contributed by atoms with Crippen molar-refractivity contribution in [2.75, 3.05) is 7.11 Å². The number of benzene rings is 2. The second kappa shape index (κ2) is 8.66. The second-order valence-electron chi connectivity index (χ2n) is 5.59. The van der Waals surface area contributed by atoms with Crippen LogP contribution >= 0.6 is 69.6 Å². The van der Waals surface area contributed by atoms with E-state index in [-0.39, 0.29) is 35.7 Å². The van der Waals surface area contributed by atoms with E-state index in [0.717, 1.165) is 0 Å². The minimum absolute atomic E-state index is 0.208. The fourth-order valence-electron chi connectivity index (χ4n) is 2.51. The van der Waals surface area contributed by atoms with Crippen LogP contribution < -0.4 is 0 Å². The summed E-state index contributed by atoms with van der Waals surface area (Å²) in [5.41, 5.74) is 2.15. The predicted octanol–water partition coefficient (Wildman–Crippen LogP) is 8.12. The van der Waals surface area contributed by atoms with E-state index in [9.17, 15) is 4.79 Å². The molecule has 3 nitrogen and oxygen atoms in total. The lowest BCUT2D eigenvalue weighted by Gasteiger charge is -2.12. The van der Waals surface area contributed by atoms with Crippen LogP contribution in [0.25, 0.3) is 22.5 Å². The summed E-state index contributed by atoms with van der Waals surface area (Å²) >= 11 is 36.6. The molecule has 0 aliphatic rings. The number of methoxy groups -OCH3 is 1. The number of carbonyl (C=O) groups is 1. The van der Waals surface area contributed by atoms with Crippen molar-refractivity contribution >= 4 is 75.6 Å². The van der Waals surface area contributed by atoms with Crippen molar-refractivity contribution in [3.05, 3.63) is 72.1 Å². The van der Waals surface area contributed by atoms with Crippen molar-refractivity contribution in [1.82, 2.24) is 4.98 Å². The number of hydrogen-bond donors (Lipinski definition) is 0. The van der Waals surface area contributed by atoms with Gasteiger partial charge in [0.15, 0.2) is 0 Å². The molecule has 9 heteroatoms. The highest BCUT2D eigenvalue weighted by atomic mass is 35.5. The third-order valence-electron chi connectivity index (χ3n) is 3.84. The molecule has 0 aliphatic heterocycles. The van der Waals surface area contributed by atoms with Gasteiger partial charge in [0.2, 0.25) is 0 Å². The van der Waals surface area contributed by atoms with Gasteiger partial charge < -0.3 is 4.74 Å². The molecule has 1 heterocycles. The number of nitrogens with zero attached hydrogens (tertiary/aromatic N) is 1. The third kappa shape index (κ3) is 4.20. The van der Waals surface area contributed by atoms with Crippen molar-refractivity contribution in [3.8, 4) is 22.5 Å². The summed E-state index contributed by atoms with van der Waals surface area (Å²) in [5, 5.41) is 1.47. The van der Waals surface area contributed by atoms with Crippen LogP contribution in [0.2, 0.25) is 30.1 Å². The van der Waals surface area contributed by atoms with Gasteiger partial charge in [0.05, 0.1) is 54.2 Å². The first kappa shape index (κ1) is 21.5. The normalized spacial score (nSPS) is 10.8. The first-order chi connectivity index (χ1) is 13.2. The van der Waals surface area contributed by atoms with Gasteiger partial charge >= 0.3 is 5.97 Å². The number of halogens is 6. The predicted molar refractivity (Wildman–Crippen MR) is 117 cm³/mol. The lowest BCUT2D eigenvalue weighted by atomic mass is 10.0. The van der Waals surface area contributed by atoms with Crippen LogP contribution in [0.15, 0.2) is 36.4 Å². The van der Waals surface area contributed by atoms with Crippen molar-refractivity contribution < 1.29 is 9.53 Å². The van der Waals surface area contributed by atoms with Crippen molar-refractivity contribution in [1.29, 1.82) is 0 Å². The van der Waals surface area contributed by atoms with E-state index >= 15 is 0 Å². The SMILES string of the molecule is COC(=O)c1ccc(-c2cc(Cl)c(Cl)c(Cl)c2)nc1-c1cc(Cl)c(Cl)c(Cl)c1. The Morgan fingerprint density at radius 2 is 1.25 bits per heavy atom. The van der Waals surface area contributed by atoms with E-state index in [4.69, 9.17) is 74.3 Å². The Hall–Kier alpha value is -1.20. The summed E-state index contributed by atoms with van der Waals surface area (Å²) in [4.78, 5) is 16.8. The van der Waals surface area contributed by atoms with Gasteiger partial charge in [-0.3, -0.25) is 0 Å². The zero-order valence-corrected chi connectivity index (χ0v) is 18.5. The molecule has 0 saturated heterocycles. The Morgan fingerprint density at radius 1 is 0.786 bits per heavy atom. The van der Waals surface area contributed by atoms with E-state index in [2.05, 4.69) is 4.98 Å². The van der Waals surface area contributed by atoms with Crippen LogP contribution in [0.3, 0.4) is 0 Å². The van der Waals surface area contributed by atoms with Gasteiger partial charge in [-0.2, -0.15) is 0 Å². The van der Waals surface area contributed by atoms with Crippen LogP contribution in [-0.2, 0) is 4.74 Å². The van der Waals surface area contributed by atoms with Crippen molar-refractivity contribution in [2.45, 2.75) is 0 Å². The zero-order chi connectivity index (χ0) is 20.6. The maximum Gasteiger partial charge on any atom is 0.340 e. The van der Waals surface area contributed by atoms with Gasteiger partial charge in [-0.1, -0.05) is 69.6 Å². The average molecular weight is 496 g/mol. The Kier molecular flexibility index (Phi) is 6.65. The zero-order valence-electron chi connectivity index (χ0n) is 14.0. The van der Waals surface area contributed by atoms with E-state index in [1.165, 1.54) is 7.11 Å². The largest absolute Gasteiger partial charge is 0.465 e. The molecule has 0 bridgehead atoms. The fourth-order valence-corrected chi connectivity index (χ4v) is 3.70. The minimum atomic E-state index is -0.566. The quantitative estimate of drug-likeness (QED) is 0.272. The lowest BCUT2D eigenvalue weighted by molar-refractivity contribution is 0.0601. The van der Waals surface area contributed by atoms with Crippen molar-refractivity contribution in [2.24, 2.45) is 0 Å². The molecule has 0 aliphatic carbocycles. The highest BCUT2D eigenvalue weighted by molar-refractivity contribution is 6.49. The number of esters is 1. The number of carbonyl (C=O) groups excluding carboxylic acids is 1. The van der Waals surface area contributed by atoms with Gasteiger partial charge in [-0.25, -0.2) is 9.78 Å². The molecule has 0 atom stereocenters. The van der Waals surface area contributed by atoms with Crippen LogP contribution in [0.1, 0.15) is 10.4 Å². The van der Waals surface area contributed by atoms with E-state index in [1.54, 1.807) is 36.4 Å². The lowest BCUT2D eigenvalue weighted by Crippen LogP contribution is -2.06. The standard InChI is InChI=1S/C19H9Cl6NO2/c1-28-19(27)10-2-3-15(8-4-11(20)16(24)12(21)5-8)26-18(10)9-6-13(22)17(25)14(23)7-9/h2-7H,1H3. The number of ether oxygens (including phenoxy) is 1. The molecule has 0 fully saturated rings. The molecular formula is C19H9Cl6NO2. The van der Waals surface area contributed by atoms with Gasteiger partial charge in [-0.05, 0) is 36.4 Å². The number of rotatable bonds is 3. The first-order valence-electron chi connectivity index (χ1n) is 7.62.